The molecular formula is C27H30N4O7S. The Morgan fingerprint density at radius 2 is 1.51 bits per heavy atom. The van der Waals surface area contributed by atoms with Gasteiger partial charge in [-0.25, -0.2) is 9.52 Å². The van der Waals surface area contributed by atoms with E-state index in [4.69, 9.17) is 4.74 Å². The molecule has 3 rings (SSSR count). The van der Waals surface area contributed by atoms with Gasteiger partial charge in [-0.3, -0.25) is 14.3 Å². The van der Waals surface area contributed by atoms with Gasteiger partial charge in [0.05, 0.1) is 26.3 Å². The Morgan fingerprint density at radius 3 is 2.10 bits per heavy atom. The summed E-state index contributed by atoms with van der Waals surface area (Å²) in [7, 11) is 0.0258. The summed E-state index contributed by atoms with van der Waals surface area (Å²) in [5.74, 6) is -0.265. The van der Waals surface area contributed by atoms with Crippen LogP contribution in [0, 0.1) is 0 Å². The Kier molecular flexibility index (Phi) is 9.87. The van der Waals surface area contributed by atoms with Crippen molar-refractivity contribution in [3.05, 3.63) is 90.0 Å². The number of methoxy groups -OCH3 is 2. The second kappa shape index (κ2) is 13.3. The number of carbonyl (C=O) groups is 3. The number of rotatable bonds is 11. The van der Waals surface area contributed by atoms with Crippen molar-refractivity contribution >= 4 is 39.5 Å². The van der Waals surface area contributed by atoms with Crippen molar-refractivity contribution in [1.29, 1.82) is 0 Å². The lowest BCUT2D eigenvalue weighted by Gasteiger charge is -2.25. The molecule has 0 aliphatic carbocycles. The molecule has 3 N–H and O–H groups in total. The third kappa shape index (κ3) is 8.75. The zero-order valence-electron chi connectivity index (χ0n) is 21.7. The van der Waals surface area contributed by atoms with Gasteiger partial charge in [0.2, 0.25) is 5.91 Å². The van der Waals surface area contributed by atoms with E-state index in [1.165, 1.54) is 31.3 Å². The molecule has 1 atom stereocenters. The molecule has 0 aliphatic heterocycles. The van der Waals surface area contributed by atoms with Crippen LogP contribution < -0.4 is 24.4 Å². The standard InChI is InChI=1S/C27H30N4O7S/c1-31(22-13-15-23(37-2)16-14-22)26(33)24(17-19-7-5-4-6-8-19)28-27(34)30-39(35,36)29-21-11-9-20(10-12-21)18-25(32)38-3/h4-16,24,29H,17-18H2,1-3H3,(H2,28,30,34)/t24-/m0/s1. The van der Waals surface area contributed by atoms with Crippen LogP contribution in [0.2, 0.25) is 0 Å². The lowest BCUT2D eigenvalue weighted by molar-refractivity contribution is -0.139. The molecule has 0 fully saturated rings. The summed E-state index contributed by atoms with van der Waals surface area (Å²) in [4.78, 5) is 38.9. The SMILES string of the molecule is COC(=O)Cc1ccc(NS(=O)(=O)NC(=O)N[C@@H](Cc2ccccc2)C(=O)N(C)c2ccc(OC)cc2)cc1. The molecule has 0 bridgehead atoms. The molecule has 12 heteroatoms. The van der Waals surface area contributed by atoms with E-state index in [-0.39, 0.29) is 18.5 Å². The van der Waals surface area contributed by atoms with Gasteiger partial charge in [0.1, 0.15) is 11.8 Å². The summed E-state index contributed by atoms with van der Waals surface area (Å²) in [5, 5.41) is 2.48. The smallest absolute Gasteiger partial charge is 0.330 e. The predicted octanol–water partition coefficient (Wildman–Crippen LogP) is 2.64. The fourth-order valence-electron chi connectivity index (χ4n) is 3.64. The minimum absolute atomic E-state index is 0.0337. The molecule has 0 saturated carbocycles. The van der Waals surface area contributed by atoms with Crippen molar-refractivity contribution < 1.29 is 32.3 Å². The summed E-state index contributed by atoms with van der Waals surface area (Å²) < 4.78 is 39.0. The molecule has 0 spiro atoms. The maximum atomic E-state index is 13.4. The average Bonchev–Trinajstić information content (AvgIpc) is 2.93. The highest BCUT2D eigenvalue weighted by Crippen LogP contribution is 2.19. The van der Waals surface area contributed by atoms with E-state index in [0.29, 0.717) is 17.0 Å². The molecule has 3 aromatic rings. The van der Waals surface area contributed by atoms with E-state index < -0.39 is 34.2 Å². The van der Waals surface area contributed by atoms with E-state index in [0.717, 1.165) is 5.56 Å². The normalized spacial score (nSPS) is 11.6. The second-order valence-corrected chi connectivity index (χ2v) is 9.88. The number of carbonyl (C=O) groups excluding carboxylic acids is 3. The molecule has 0 unspecified atom stereocenters. The Hall–Kier alpha value is -4.58. The highest BCUT2D eigenvalue weighted by molar-refractivity contribution is 7.91. The van der Waals surface area contributed by atoms with Gasteiger partial charge in [-0.15, -0.1) is 0 Å². The first-order chi connectivity index (χ1) is 18.6. The van der Waals surface area contributed by atoms with E-state index in [1.54, 1.807) is 67.7 Å². The van der Waals surface area contributed by atoms with Crippen LogP contribution in [0.5, 0.6) is 5.75 Å². The number of ether oxygens (including phenoxy) is 2. The van der Waals surface area contributed by atoms with Crippen LogP contribution >= 0.6 is 0 Å². The van der Waals surface area contributed by atoms with E-state index >= 15 is 0 Å². The third-order valence-electron chi connectivity index (χ3n) is 5.69. The van der Waals surface area contributed by atoms with Crippen molar-refractivity contribution in [3.8, 4) is 5.75 Å². The van der Waals surface area contributed by atoms with Crippen molar-refractivity contribution in [2.24, 2.45) is 0 Å². The number of urea groups is 1. The van der Waals surface area contributed by atoms with Gasteiger partial charge in [-0.05, 0) is 47.5 Å². The molecule has 3 aromatic carbocycles. The predicted molar refractivity (Wildman–Crippen MR) is 147 cm³/mol. The first kappa shape index (κ1) is 29.0. The molecule has 0 radical (unpaired) electrons. The van der Waals surface area contributed by atoms with Crippen molar-refractivity contribution in [3.63, 3.8) is 0 Å². The maximum Gasteiger partial charge on any atom is 0.330 e. The number of anilines is 2. The summed E-state index contributed by atoms with van der Waals surface area (Å²) in [6.45, 7) is 0. The van der Waals surface area contributed by atoms with Gasteiger partial charge >= 0.3 is 22.2 Å². The number of nitrogens with zero attached hydrogens (tertiary/aromatic N) is 1. The number of esters is 1. The largest absolute Gasteiger partial charge is 0.497 e. The minimum Gasteiger partial charge on any atom is -0.497 e. The van der Waals surface area contributed by atoms with Crippen LogP contribution in [-0.4, -0.2) is 53.6 Å². The number of likely N-dealkylation sites (N-methyl/N-ethyl adjacent to an activating group) is 1. The highest BCUT2D eigenvalue weighted by atomic mass is 32.2. The molecule has 3 amide bonds. The van der Waals surface area contributed by atoms with Gasteiger partial charge in [-0.2, -0.15) is 8.42 Å². The Bertz CT molecular complexity index is 1380. The summed E-state index contributed by atoms with van der Waals surface area (Å²) >= 11 is 0. The molecule has 0 aliphatic rings. The Labute approximate surface area is 227 Å². The van der Waals surface area contributed by atoms with Crippen LogP contribution in [0.25, 0.3) is 0 Å². The maximum absolute atomic E-state index is 13.4. The lowest BCUT2D eigenvalue weighted by Crippen LogP contribution is -2.53. The van der Waals surface area contributed by atoms with Gasteiger partial charge in [-0.1, -0.05) is 42.5 Å². The van der Waals surface area contributed by atoms with Crippen LogP contribution in [0.3, 0.4) is 0 Å². The Morgan fingerprint density at radius 1 is 0.872 bits per heavy atom. The zero-order chi connectivity index (χ0) is 28.4. The van der Waals surface area contributed by atoms with Crippen LogP contribution in [0.15, 0.2) is 78.9 Å². The van der Waals surface area contributed by atoms with E-state index in [1.807, 2.05) is 10.8 Å². The first-order valence-corrected chi connectivity index (χ1v) is 13.3. The summed E-state index contributed by atoms with van der Waals surface area (Å²) in [6.07, 6.45) is 0.161. The zero-order valence-corrected chi connectivity index (χ0v) is 22.5. The molecular weight excluding hydrogens is 524 g/mol. The topological polar surface area (TPSA) is 143 Å². The van der Waals surface area contributed by atoms with E-state index in [9.17, 15) is 22.8 Å². The van der Waals surface area contributed by atoms with Crippen LogP contribution in [0.4, 0.5) is 16.2 Å². The van der Waals surface area contributed by atoms with Crippen LogP contribution in [0.1, 0.15) is 11.1 Å². The molecule has 206 valence electrons. The summed E-state index contributed by atoms with van der Waals surface area (Å²) in [6, 6.07) is 19.7. The number of nitrogens with one attached hydrogen (secondary N) is 3. The molecule has 0 heterocycles. The fraction of sp³-hybridized carbons (Fsp3) is 0.222. The van der Waals surface area contributed by atoms with Gasteiger partial charge in [0, 0.05) is 19.2 Å². The Balaban J connectivity index is 1.70. The van der Waals surface area contributed by atoms with Gasteiger partial charge < -0.3 is 19.7 Å². The summed E-state index contributed by atoms with van der Waals surface area (Å²) in [5.41, 5.74) is 2.12. The molecule has 0 saturated heterocycles. The van der Waals surface area contributed by atoms with E-state index in [2.05, 4.69) is 14.8 Å². The molecule has 11 nitrogen and oxygen atoms in total. The average molecular weight is 555 g/mol. The minimum atomic E-state index is -4.34. The quantitative estimate of drug-likeness (QED) is 0.309. The van der Waals surface area contributed by atoms with Crippen molar-refractivity contribution in [2.75, 3.05) is 30.9 Å². The molecule has 39 heavy (non-hydrogen) atoms. The third-order valence-corrected chi connectivity index (χ3v) is 6.64. The number of amides is 3. The van der Waals surface area contributed by atoms with Crippen molar-refractivity contribution in [1.82, 2.24) is 10.0 Å². The fourth-order valence-corrected chi connectivity index (χ4v) is 4.44. The monoisotopic (exact) mass is 554 g/mol. The van der Waals surface area contributed by atoms with Gasteiger partial charge in [0.25, 0.3) is 0 Å². The highest BCUT2D eigenvalue weighted by Gasteiger charge is 2.27. The van der Waals surface area contributed by atoms with Crippen molar-refractivity contribution in [2.45, 2.75) is 18.9 Å². The van der Waals surface area contributed by atoms with Gasteiger partial charge in [0.15, 0.2) is 0 Å². The number of benzene rings is 3. The first-order valence-electron chi connectivity index (χ1n) is 11.8. The van der Waals surface area contributed by atoms with Crippen LogP contribution in [-0.2, 0) is 37.4 Å². The number of hydrogen-bond donors (Lipinski definition) is 3. The number of hydrogen-bond acceptors (Lipinski definition) is 7. The lowest BCUT2D eigenvalue weighted by atomic mass is 10.0. The molecule has 0 aromatic heterocycles. The second-order valence-electron chi connectivity index (χ2n) is 8.47.